The molecule has 6 nitrogen and oxygen atoms in total. The highest BCUT2D eigenvalue weighted by Crippen LogP contribution is 2.36. The Morgan fingerprint density at radius 3 is 2.73 bits per heavy atom. The van der Waals surface area contributed by atoms with E-state index in [0.29, 0.717) is 12.3 Å². The number of nitrogens with zero attached hydrogens (tertiary/aromatic N) is 1. The van der Waals surface area contributed by atoms with E-state index in [1.165, 1.54) is 11.8 Å². The van der Waals surface area contributed by atoms with Crippen LogP contribution < -0.4 is 20.9 Å². The molecule has 1 amide bonds. The number of carbonyl (C=O) groups excluding carboxylic acids is 1. The molecule has 1 fully saturated rings. The minimum absolute atomic E-state index is 0.0266. The van der Waals surface area contributed by atoms with Crippen molar-refractivity contribution in [2.45, 2.75) is 30.0 Å². The zero-order chi connectivity index (χ0) is 24.2. The number of benzene rings is 2. The van der Waals surface area contributed by atoms with E-state index in [4.69, 9.17) is 16.3 Å². The van der Waals surface area contributed by atoms with Gasteiger partial charge in [0, 0.05) is 12.1 Å². The third-order valence-electron chi connectivity index (χ3n) is 5.00. The number of rotatable bonds is 8. The summed E-state index contributed by atoms with van der Waals surface area (Å²) in [6, 6.07) is 10.4. The summed E-state index contributed by atoms with van der Waals surface area (Å²) in [7, 11) is 1.59. The van der Waals surface area contributed by atoms with Crippen molar-refractivity contribution < 1.29 is 22.7 Å². The van der Waals surface area contributed by atoms with Crippen LogP contribution in [0.3, 0.4) is 0 Å². The number of hydrogen-bond acceptors (Lipinski definition) is 6. The first-order valence-electron chi connectivity index (χ1n) is 9.99. The Balaban J connectivity index is 1.72. The summed E-state index contributed by atoms with van der Waals surface area (Å²) in [5.74, 6) is 0.240. The molecule has 0 bridgehead atoms. The standard InChI is InChI=1S/C22H24ClF3N4O2S/c1-4-11-30-19(15-7-5-6-8-18(15)32-3)28-29-21(30)33-13(2)20(31)27-17-12-14(22(24,25)26)9-10-16(17)23/h4-10,12-13,19,21,28-29H,1,11H2,2-3H3,(H,27,31). The van der Waals surface area contributed by atoms with Gasteiger partial charge in [-0.15, -0.1) is 18.3 Å². The average Bonchev–Trinajstić information content (AvgIpc) is 3.16. The zero-order valence-corrected chi connectivity index (χ0v) is 19.5. The first kappa shape index (κ1) is 25.4. The number of amides is 1. The lowest BCUT2D eigenvalue weighted by Gasteiger charge is -2.28. The van der Waals surface area contributed by atoms with E-state index in [9.17, 15) is 18.0 Å². The fraction of sp³-hybridized carbons (Fsp3) is 0.318. The lowest BCUT2D eigenvalue weighted by atomic mass is 10.1. The maximum Gasteiger partial charge on any atom is 0.416 e. The lowest BCUT2D eigenvalue weighted by Crippen LogP contribution is -2.37. The highest BCUT2D eigenvalue weighted by atomic mass is 35.5. The number of halogens is 4. The number of alkyl halides is 3. The fourth-order valence-corrected chi connectivity index (χ4v) is 4.58. The average molecular weight is 501 g/mol. The first-order chi connectivity index (χ1) is 15.7. The van der Waals surface area contributed by atoms with Crippen molar-refractivity contribution >= 4 is 35.0 Å². The molecule has 3 N–H and O–H groups in total. The summed E-state index contributed by atoms with van der Waals surface area (Å²) < 4.78 is 44.5. The first-order valence-corrected chi connectivity index (χ1v) is 11.3. The van der Waals surface area contributed by atoms with Gasteiger partial charge in [0.15, 0.2) is 0 Å². The van der Waals surface area contributed by atoms with Gasteiger partial charge < -0.3 is 10.1 Å². The van der Waals surface area contributed by atoms with Crippen LogP contribution in [0.15, 0.2) is 55.1 Å². The molecule has 0 saturated carbocycles. The molecule has 33 heavy (non-hydrogen) atoms. The fourth-order valence-electron chi connectivity index (χ4n) is 3.35. The number of ether oxygens (including phenoxy) is 1. The highest BCUT2D eigenvalue weighted by molar-refractivity contribution is 8.01. The Hall–Kier alpha value is -2.24. The van der Waals surface area contributed by atoms with Crippen LogP contribution in [0, 0.1) is 0 Å². The van der Waals surface area contributed by atoms with Crippen molar-refractivity contribution in [3.8, 4) is 5.75 Å². The summed E-state index contributed by atoms with van der Waals surface area (Å²) >= 11 is 7.30. The van der Waals surface area contributed by atoms with Gasteiger partial charge in [-0.3, -0.25) is 9.69 Å². The SMILES string of the molecule is C=CCN1C(SC(C)C(=O)Nc2cc(C(F)(F)F)ccc2Cl)NNC1c1ccccc1OC. The quantitative estimate of drug-likeness (QED) is 0.443. The van der Waals surface area contributed by atoms with Crippen LogP contribution in [0.4, 0.5) is 18.9 Å². The second-order valence-electron chi connectivity index (χ2n) is 7.23. The van der Waals surface area contributed by atoms with Gasteiger partial charge in [0.05, 0.1) is 28.6 Å². The number of hydrazine groups is 1. The molecule has 0 spiro atoms. The Labute approximate surface area is 199 Å². The normalized spacial score (nSPS) is 19.8. The summed E-state index contributed by atoms with van der Waals surface area (Å²) in [4.78, 5) is 14.8. The predicted molar refractivity (Wildman–Crippen MR) is 125 cm³/mol. The summed E-state index contributed by atoms with van der Waals surface area (Å²) in [6.07, 6.45) is -3.04. The number of carbonyl (C=O) groups is 1. The van der Waals surface area contributed by atoms with Crippen LogP contribution in [0.5, 0.6) is 5.75 Å². The maximum atomic E-state index is 13.0. The molecule has 0 radical (unpaired) electrons. The number of anilines is 1. The molecule has 0 aliphatic carbocycles. The van der Waals surface area contributed by atoms with E-state index in [-0.39, 0.29) is 22.4 Å². The molecule has 1 aliphatic rings. The van der Waals surface area contributed by atoms with Crippen LogP contribution in [-0.2, 0) is 11.0 Å². The van der Waals surface area contributed by atoms with Gasteiger partial charge in [-0.2, -0.15) is 13.2 Å². The molecule has 178 valence electrons. The molecule has 1 aliphatic heterocycles. The number of methoxy groups -OCH3 is 1. The topological polar surface area (TPSA) is 65.6 Å². The summed E-state index contributed by atoms with van der Waals surface area (Å²) in [6.45, 7) is 5.99. The third kappa shape index (κ3) is 6.01. The van der Waals surface area contributed by atoms with Crippen molar-refractivity contribution in [3.63, 3.8) is 0 Å². The molecule has 11 heteroatoms. The van der Waals surface area contributed by atoms with E-state index in [1.54, 1.807) is 20.1 Å². The van der Waals surface area contributed by atoms with Crippen molar-refractivity contribution in [2.75, 3.05) is 19.0 Å². The minimum Gasteiger partial charge on any atom is -0.496 e. The number of para-hydroxylation sites is 1. The number of thioether (sulfide) groups is 1. The molecule has 1 saturated heterocycles. The molecule has 2 aromatic carbocycles. The largest absolute Gasteiger partial charge is 0.496 e. The van der Waals surface area contributed by atoms with Gasteiger partial charge in [0.1, 0.15) is 17.4 Å². The summed E-state index contributed by atoms with van der Waals surface area (Å²) in [5, 5.41) is 1.92. The second kappa shape index (κ2) is 10.8. The van der Waals surface area contributed by atoms with Gasteiger partial charge in [0.25, 0.3) is 0 Å². The minimum atomic E-state index is -4.54. The van der Waals surface area contributed by atoms with Gasteiger partial charge in [-0.1, -0.05) is 35.9 Å². The van der Waals surface area contributed by atoms with Crippen LogP contribution in [0.2, 0.25) is 5.02 Å². The third-order valence-corrected chi connectivity index (χ3v) is 6.60. The highest BCUT2D eigenvalue weighted by Gasteiger charge is 2.37. The van der Waals surface area contributed by atoms with Crippen molar-refractivity contribution in [1.29, 1.82) is 0 Å². The van der Waals surface area contributed by atoms with Gasteiger partial charge in [0.2, 0.25) is 5.91 Å². The van der Waals surface area contributed by atoms with E-state index < -0.39 is 22.9 Å². The molecule has 1 heterocycles. The van der Waals surface area contributed by atoms with Crippen LogP contribution in [0.25, 0.3) is 0 Å². The monoisotopic (exact) mass is 500 g/mol. The Kier molecular flexibility index (Phi) is 8.30. The van der Waals surface area contributed by atoms with E-state index in [0.717, 1.165) is 23.8 Å². The van der Waals surface area contributed by atoms with Crippen molar-refractivity contribution in [2.24, 2.45) is 0 Å². The summed E-state index contributed by atoms with van der Waals surface area (Å²) in [5.41, 5.74) is 5.98. The zero-order valence-electron chi connectivity index (χ0n) is 17.9. The van der Waals surface area contributed by atoms with Crippen molar-refractivity contribution in [1.82, 2.24) is 15.8 Å². The molecule has 3 rings (SSSR count). The number of nitrogens with one attached hydrogen (secondary N) is 3. The molecule has 2 aromatic rings. The maximum absolute atomic E-state index is 13.0. The van der Waals surface area contributed by atoms with Gasteiger partial charge in [-0.25, -0.2) is 10.9 Å². The molecular formula is C22H24ClF3N4O2S. The molecule has 0 aromatic heterocycles. The Morgan fingerprint density at radius 2 is 2.06 bits per heavy atom. The van der Waals surface area contributed by atoms with E-state index in [1.807, 2.05) is 24.3 Å². The Bertz CT molecular complexity index is 1010. The Morgan fingerprint density at radius 1 is 1.33 bits per heavy atom. The van der Waals surface area contributed by atoms with Crippen molar-refractivity contribution in [3.05, 3.63) is 71.3 Å². The van der Waals surface area contributed by atoms with E-state index >= 15 is 0 Å². The van der Waals surface area contributed by atoms with Gasteiger partial charge >= 0.3 is 6.18 Å². The van der Waals surface area contributed by atoms with Crippen LogP contribution in [-0.4, -0.2) is 35.2 Å². The van der Waals surface area contributed by atoms with E-state index in [2.05, 4.69) is 27.6 Å². The predicted octanol–water partition coefficient (Wildman–Crippen LogP) is 5.01. The second-order valence-corrected chi connectivity index (χ2v) is 9.06. The van der Waals surface area contributed by atoms with Crippen LogP contribution >= 0.6 is 23.4 Å². The molecular weight excluding hydrogens is 477 g/mol. The van der Waals surface area contributed by atoms with Gasteiger partial charge in [-0.05, 0) is 31.2 Å². The molecule has 3 unspecified atom stereocenters. The number of hydrogen-bond donors (Lipinski definition) is 3. The smallest absolute Gasteiger partial charge is 0.416 e. The van der Waals surface area contributed by atoms with Crippen LogP contribution in [0.1, 0.15) is 24.2 Å². The molecule has 3 atom stereocenters. The lowest BCUT2D eigenvalue weighted by molar-refractivity contribution is -0.137.